The zero-order valence-corrected chi connectivity index (χ0v) is 27.7. The van der Waals surface area contributed by atoms with E-state index in [1.807, 2.05) is 21.0 Å². The third-order valence-electron chi connectivity index (χ3n) is 6.35. The van der Waals surface area contributed by atoms with Crippen molar-refractivity contribution in [2.75, 3.05) is 66.7 Å². The van der Waals surface area contributed by atoms with Gasteiger partial charge in [-0.1, -0.05) is 12.2 Å². The van der Waals surface area contributed by atoms with Crippen LogP contribution in [0.4, 0.5) is 9.59 Å². The van der Waals surface area contributed by atoms with Gasteiger partial charge in [0.2, 0.25) is 0 Å². The molecule has 0 bridgehead atoms. The fourth-order valence-corrected chi connectivity index (χ4v) is 4.72. The molecule has 0 radical (unpaired) electrons. The lowest BCUT2D eigenvalue weighted by atomic mass is 10.0. The van der Waals surface area contributed by atoms with E-state index >= 15 is 0 Å². The van der Waals surface area contributed by atoms with Crippen LogP contribution in [0.5, 0.6) is 0 Å². The van der Waals surface area contributed by atoms with Gasteiger partial charge in [0.25, 0.3) is 21.9 Å². The molecule has 0 aromatic heterocycles. The van der Waals surface area contributed by atoms with Gasteiger partial charge in [-0.25, -0.2) is 14.4 Å². The van der Waals surface area contributed by atoms with Crippen LogP contribution in [0.25, 0.3) is 0 Å². The van der Waals surface area contributed by atoms with Crippen molar-refractivity contribution in [3.63, 3.8) is 0 Å². The molecule has 4 N–H and O–H groups in total. The second-order valence-corrected chi connectivity index (χ2v) is 12.1. The molecule has 0 aromatic carbocycles. The molecular weight excluding hydrogens is 630 g/mol. The number of hydrogen-bond donors (Lipinski definition) is 4. The molecule has 1 fully saturated rings. The summed E-state index contributed by atoms with van der Waals surface area (Å²) in [6, 6.07) is -0.0729. The van der Waals surface area contributed by atoms with E-state index in [9.17, 15) is 32.4 Å². The average Bonchev–Trinajstić information content (AvgIpc) is 3.25. The second kappa shape index (κ2) is 23.1. The molecule has 0 aromatic rings. The molecule has 0 saturated carbocycles. The maximum Gasteiger partial charge on any atom is 0.407 e. The quantitative estimate of drug-likeness (QED) is 0.0723. The number of amides is 5. The second-order valence-electron chi connectivity index (χ2n) is 10.5. The number of urea groups is 1. The van der Waals surface area contributed by atoms with Crippen LogP contribution < -0.4 is 16.0 Å². The highest BCUT2D eigenvalue weighted by molar-refractivity contribution is 7.87. The first kappa shape index (κ1) is 40.7. The number of allylic oxidation sites excluding steroid dienone is 2. The SMILES string of the molecule is CCNC(=O)NCCCN(C)C.O=C(CCOCCOCCNC(=O)OC1CC/C=C\CCC1)ON1C(=O)CC(S(=O)(=O)O)C1=O. The van der Waals surface area contributed by atoms with Crippen LogP contribution in [0, 0.1) is 0 Å². The van der Waals surface area contributed by atoms with Crippen LogP contribution in [-0.4, -0.2) is 131 Å². The minimum absolute atomic E-state index is 0.0379. The molecule has 2 atom stereocenters. The van der Waals surface area contributed by atoms with E-state index in [0.29, 0.717) is 6.54 Å². The van der Waals surface area contributed by atoms with Gasteiger partial charge in [0.05, 0.1) is 39.3 Å². The molecule has 1 heterocycles. The number of nitrogens with one attached hydrogen (secondary N) is 3. The van der Waals surface area contributed by atoms with Crippen molar-refractivity contribution in [2.45, 2.75) is 69.6 Å². The highest BCUT2D eigenvalue weighted by Gasteiger charge is 2.48. The number of carbonyl (C=O) groups excluding carboxylic acids is 5. The van der Waals surface area contributed by atoms with Gasteiger partial charge in [0.15, 0.2) is 5.25 Å². The summed E-state index contributed by atoms with van der Waals surface area (Å²) < 4.78 is 46.9. The molecule has 2 aliphatic rings. The van der Waals surface area contributed by atoms with Crippen LogP contribution in [0.3, 0.4) is 0 Å². The number of alkyl carbamates (subject to hydrolysis) is 1. The summed E-state index contributed by atoms with van der Waals surface area (Å²) >= 11 is 0. The normalized spacial score (nSPS) is 18.9. The fourth-order valence-electron chi connectivity index (χ4n) is 4.02. The molecule has 5 amide bonds. The summed E-state index contributed by atoms with van der Waals surface area (Å²) in [5.41, 5.74) is 0. The number of nitrogens with zero attached hydrogens (tertiary/aromatic N) is 2. The smallest absolute Gasteiger partial charge is 0.407 e. The summed E-state index contributed by atoms with van der Waals surface area (Å²) in [5.74, 6) is -3.36. The summed E-state index contributed by atoms with van der Waals surface area (Å²) in [6.07, 6.45) is 8.08. The van der Waals surface area contributed by atoms with E-state index in [1.54, 1.807) is 0 Å². The van der Waals surface area contributed by atoms with Gasteiger partial charge in [-0.15, -0.1) is 5.06 Å². The number of carbonyl (C=O) groups is 5. The lowest BCUT2D eigenvalue weighted by Gasteiger charge is -2.18. The molecule has 1 aliphatic heterocycles. The van der Waals surface area contributed by atoms with Gasteiger partial charge >= 0.3 is 18.1 Å². The predicted octanol–water partition coefficient (Wildman–Crippen LogP) is 0.756. The first-order valence-corrected chi connectivity index (χ1v) is 16.8. The molecule has 1 saturated heterocycles. The average molecular weight is 680 g/mol. The summed E-state index contributed by atoms with van der Waals surface area (Å²) in [6.45, 7) is 5.07. The van der Waals surface area contributed by atoms with E-state index in [1.165, 1.54) is 0 Å². The topological polar surface area (TPSA) is 219 Å². The summed E-state index contributed by atoms with van der Waals surface area (Å²) in [4.78, 5) is 64.4. The minimum atomic E-state index is -4.78. The van der Waals surface area contributed by atoms with Crippen molar-refractivity contribution in [1.82, 2.24) is 25.9 Å². The molecule has 17 nitrogen and oxygen atoms in total. The third kappa shape index (κ3) is 18.6. The molecule has 2 unspecified atom stereocenters. The van der Waals surface area contributed by atoms with Gasteiger partial charge in [0.1, 0.15) is 6.10 Å². The Labute approximate surface area is 270 Å². The molecule has 46 heavy (non-hydrogen) atoms. The van der Waals surface area contributed by atoms with Crippen molar-refractivity contribution < 1.29 is 56.0 Å². The largest absolute Gasteiger partial charge is 0.446 e. The maximum atomic E-state index is 11.8. The Hall–Kier alpha value is -3.32. The molecule has 18 heteroatoms. The number of hydrogen-bond acceptors (Lipinski definition) is 12. The summed E-state index contributed by atoms with van der Waals surface area (Å²) in [7, 11) is -0.736. The Morgan fingerprint density at radius 3 is 2.33 bits per heavy atom. The first-order chi connectivity index (χ1) is 21.8. The van der Waals surface area contributed by atoms with Crippen molar-refractivity contribution in [1.29, 1.82) is 0 Å². The minimum Gasteiger partial charge on any atom is -0.446 e. The van der Waals surface area contributed by atoms with E-state index < -0.39 is 45.7 Å². The Morgan fingerprint density at radius 2 is 1.67 bits per heavy atom. The number of rotatable bonds is 17. The highest BCUT2D eigenvalue weighted by atomic mass is 32.2. The van der Waals surface area contributed by atoms with Crippen molar-refractivity contribution >= 4 is 40.0 Å². The first-order valence-electron chi connectivity index (χ1n) is 15.3. The Balaban J connectivity index is 0.000000745. The van der Waals surface area contributed by atoms with Crippen LogP contribution in [-0.2, 0) is 43.5 Å². The maximum absolute atomic E-state index is 11.8. The molecule has 264 valence electrons. The predicted molar refractivity (Wildman–Crippen MR) is 165 cm³/mol. The van der Waals surface area contributed by atoms with Crippen molar-refractivity contribution in [3.05, 3.63) is 12.2 Å². The Kier molecular flexibility index (Phi) is 20.4. The number of imide groups is 1. The Bertz CT molecular complexity index is 1100. The van der Waals surface area contributed by atoms with Gasteiger partial charge in [-0.2, -0.15) is 8.42 Å². The van der Waals surface area contributed by atoms with Gasteiger partial charge in [0, 0.05) is 19.6 Å². The van der Waals surface area contributed by atoms with Crippen LogP contribution in [0.1, 0.15) is 58.3 Å². The monoisotopic (exact) mass is 679 g/mol. The lowest BCUT2D eigenvalue weighted by molar-refractivity contribution is -0.198. The molecule has 0 spiro atoms. The standard InChI is InChI=1S/C20H30N2O11S.C8H19N3O/c23-17-14-16(34(27,28)29)19(25)22(17)33-18(24)8-10-30-12-13-31-11-9-21-20(26)32-15-6-4-2-1-3-5-7-15;1-4-9-8(12)10-6-5-7-11(2)3/h1-2,15-16H,3-14H2,(H,21,26)(H,27,28,29);4-7H2,1-3H3,(H2,9,10,12)/b2-1-;. The van der Waals surface area contributed by atoms with Crippen molar-refractivity contribution in [2.24, 2.45) is 0 Å². The van der Waals surface area contributed by atoms with E-state index in [4.69, 9.17) is 18.8 Å². The molecule has 2 rings (SSSR count). The third-order valence-corrected chi connectivity index (χ3v) is 7.44. The number of hydroxylamine groups is 2. The van der Waals surface area contributed by atoms with Crippen LogP contribution in [0.15, 0.2) is 12.2 Å². The van der Waals surface area contributed by atoms with E-state index in [-0.39, 0.29) is 56.6 Å². The summed E-state index contributed by atoms with van der Waals surface area (Å²) in [5, 5.41) is 6.11. The molecular formula is C28H49N5O12S. The van der Waals surface area contributed by atoms with E-state index in [0.717, 1.165) is 51.6 Å². The molecule has 1 aliphatic carbocycles. The van der Waals surface area contributed by atoms with Gasteiger partial charge in [-0.3, -0.25) is 14.1 Å². The van der Waals surface area contributed by atoms with E-state index in [2.05, 4.69) is 37.8 Å². The van der Waals surface area contributed by atoms with Crippen LogP contribution in [0.2, 0.25) is 0 Å². The van der Waals surface area contributed by atoms with Gasteiger partial charge < -0.3 is 39.9 Å². The fraction of sp³-hybridized carbons (Fsp3) is 0.750. The zero-order chi connectivity index (χ0) is 34.4. The Morgan fingerprint density at radius 1 is 0.978 bits per heavy atom. The van der Waals surface area contributed by atoms with Crippen molar-refractivity contribution in [3.8, 4) is 0 Å². The van der Waals surface area contributed by atoms with Gasteiger partial charge in [-0.05, 0) is 66.1 Å². The zero-order valence-electron chi connectivity index (χ0n) is 26.9. The number of ether oxygens (including phenoxy) is 3. The lowest BCUT2D eigenvalue weighted by Crippen LogP contribution is -2.36. The highest BCUT2D eigenvalue weighted by Crippen LogP contribution is 2.20. The van der Waals surface area contributed by atoms with Crippen LogP contribution >= 0.6 is 0 Å².